The summed E-state index contributed by atoms with van der Waals surface area (Å²) in [6.07, 6.45) is -4.12. The highest BCUT2D eigenvalue weighted by Gasteiger charge is 2.29. The Morgan fingerprint density at radius 1 is 0.840 bits per heavy atom. The summed E-state index contributed by atoms with van der Waals surface area (Å²) in [4.78, 5) is 12.1. The smallest absolute Gasteiger partial charge is 0.352 e. The van der Waals surface area contributed by atoms with E-state index in [0.717, 1.165) is 28.5 Å². The molecule has 1 N–H and O–H groups in total. The molecule has 0 atom stereocenters. The molecule has 0 radical (unpaired) electrons. The number of hydrogen-bond acceptors (Lipinski definition) is 1. The molecule has 0 aliphatic rings. The van der Waals surface area contributed by atoms with Gasteiger partial charge in [-0.05, 0) is 34.0 Å². The Kier molecular flexibility index (Phi) is 4.74. The lowest BCUT2D eigenvalue weighted by molar-refractivity contribution is -0.137. The summed E-state index contributed by atoms with van der Waals surface area (Å²) in [5.74, 6) is -0.171. The monoisotopic (exact) mass is 343 g/mol. The third-order valence-corrected chi connectivity index (χ3v) is 3.95. The van der Waals surface area contributed by atoms with E-state index < -0.39 is 11.7 Å². The highest BCUT2D eigenvalue weighted by molar-refractivity contribution is 5.85. The molecule has 128 valence electrons. The highest BCUT2D eigenvalue weighted by atomic mass is 19.4. The first-order valence-corrected chi connectivity index (χ1v) is 7.82. The summed E-state index contributed by atoms with van der Waals surface area (Å²) in [7, 11) is 0. The Morgan fingerprint density at radius 3 is 2.16 bits per heavy atom. The van der Waals surface area contributed by atoms with Crippen LogP contribution in [0.25, 0.3) is 10.8 Å². The van der Waals surface area contributed by atoms with Crippen LogP contribution in [-0.4, -0.2) is 5.91 Å². The van der Waals surface area contributed by atoms with Crippen LogP contribution in [-0.2, 0) is 23.9 Å². The van der Waals surface area contributed by atoms with E-state index in [2.05, 4.69) is 5.32 Å². The molecule has 0 heterocycles. The zero-order valence-corrected chi connectivity index (χ0v) is 13.3. The van der Waals surface area contributed by atoms with E-state index in [0.29, 0.717) is 5.56 Å². The maximum absolute atomic E-state index is 12.5. The lowest BCUT2D eigenvalue weighted by Crippen LogP contribution is -2.24. The fourth-order valence-electron chi connectivity index (χ4n) is 2.61. The Bertz CT molecular complexity index is 885. The van der Waals surface area contributed by atoms with Crippen molar-refractivity contribution in [3.05, 3.63) is 83.4 Å². The van der Waals surface area contributed by atoms with Crippen molar-refractivity contribution < 1.29 is 18.0 Å². The van der Waals surface area contributed by atoms with Crippen molar-refractivity contribution in [3.63, 3.8) is 0 Å². The summed E-state index contributed by atoms with van der Waals surface area (Å²) in [6, 6.07) is 18.5. The van der Waals surface area contributed by atoms with E-state index in [-0.39, 0.29) is 18.9 Å². The van der Waals surface area contributed by atoms with Crippen LogP contribution >= 0.6 is 0 Å². The molecule has 0 fully saturated rings. The molecule has 0 aromatic heterocycles. The number of hydrogen-bond donors (Lipinski definition) is 1. The molecular formula is C20H16F3NO. The Morgan fingerprint density at radius 2 is 1.48 bits per heavy atom. The number of halogens is 3. The van der Waals surface area contributed by atoms with Gasteiger partial charge in [0.05, 0.1) is 12.0 Å². The third kappa shape index (κ3) is 4.38. The van der Waals surface area contributed by atoms with Crippen molar-refractivity contribution in [1.82, 2.24) is 5.32 Å². The normalized spacial score (nSPS) is 11.5. The number of benzene rings is 3. The molecule has 0 spiro atoms. The SMILES string of the molecule is O=C(Cc1ccc2ccccc2c1)NCc1ccc(C(F)(F)F)cc1. The van der Waals surface area contributed by atoms with Gasteiger partial charge in [-0.25, -0.2) is 0 Å². The van der Waals surface area contributed by atoms with Gasteiger partial charge in [0.2, 0.25) is 5.91 Å². The minimum absolute atomic E-state index is 0.171. The van der Waals surface area contributed by atoms with Crippen molar-refractivity contribution in [2.45, 2.75) is 19.1 Å². The minimum atomic E-state index is -4.35. The first-order valence-electron chi connectivity index (χ1n) is 7.82. The van der Waals surface area contributed by atoms with Gasteiger partial charge in [0.25, 0.3) is 0 Å². The molecule has 0 aliphatic carbocycles. The quantitative estimate of drug-likeness (QED) is 0.730. The molecule has 3 rings (SSSR count). The second-order valence-corrected chi connectivity index (χ2v) is 5.83. The van der Waals surface area contributed by atoms with E-state index in [1.807, 2.05) is 42.5 Å². The van der Waals surface area contributed by atoms with Crippen molar-refractivity contribution >= 4 is 16.7 Å². The predicted octanol–water partition coefficient (Wildman–Crippen LogP) is 4.72. The van der Waals surface area contributed by atoms with Crippen molar-refractivity contribution in [2.24, 2.45) is 0 Å². The Labute approximate surface area is 143 Å². The van der Waals surface area contributed by atoms with Crippen LogP contribution in [0.2, 0.25) is 0 Å². The molecule has 3 aromatic rings. The van der Waals surface area contributed by atoms with Crippen molar-refractivity contribution in [3.8, 4) is 0 Å². The second-order valence-electron chi connectivity index (χ2n) is 5.83. The Hall–Kier alpha value is -2.82. The van der Waals surface area contributed by atoms with E-state index in [9.17, 15) is 18.0 Å². The van der Waals surface area contributed by atoms with Crippen LogP contribution in [0.3, 0.4) is 0 Å². The molecule has 0 aliphatic heterocycles. The molecule has 0 unspecified atom stereocenters. The average Bonchev–Trinajstić information content (AvgIpc) is 2.59. The van der Waals surface area contributed by atoms with Gasteiger partial charge in [0, 0.05) is 6.54 Å². The van der Waals surface area contributed by atoms with Crippen LogP contribution in [0.5, 0.6) is 0 Å². The van der Waals surface area contributed by atoms with E-state index in [4.69, 9.17) is 0 Å². The van der Waals surface area contributed by atoms with Gasteiger partial charge in [-0.15, -0.1) is 0 Å². The minimum Gasteiger partial charge on any atom is -0.352 e. The zero-order valence-electron chi connectivity index (χ0n) is 13.3. The van der Waals surface area contributed by atoms with Gasteiger partial charge < -0.3 is 5.32 Å². The molecule has 25 heavy (non-hydrogen) atoms. The number of nitrogens with one attached hydrogen (secondary N) is 1. The molecule has 1 amide bonds. The number of alkyl halides is 3. The molecule has 2 nitrogen and oxygen atoms in total. The Balaban J connectivity index is 1.58. The zero-order chi connectivity index (χ0) is 17.9. The number of fused-ring (bicyclic) bond motifs is 1. The maximum Gasteiger partial charge on any atom is 0.416 e. The fourth-order valence-corrected chi connectivity index (χ4v) is 2.61. The van der Waals surface area contributed by atoms with Gasteiger partial charge in [-0.3, -0.25) is 4.79 Å². The van der Waals surface area contributed by atoms with Gasteiger partial charge >= 0.3 is 6.18 Å². The molecule has 3 aromatic carbocycles. The van der Waals surface area contributed by atoms with Gasteiger partial charge in [0.1, 0.15) is 0 Å². The van der Waals surface area contributed by atoms with Crippen LogP contribution in [0.4, 0.5) is 13.2 Å². The molecule has 0 bridgehead atoms. The van der Waals surface area contributed by atoms with Crippen molar-refractivity contribution in [1.29, 1.82) is 0 Å². The van der Waals surface area contributed by atoms with Crippen LogP contribution in [0, 0.1) is 0 Å². The molecule has 5 heteroatoms. The summed E-state index contributed by atoms with van der Waals surface area (Å²) in [5, 5.41) is 4.91. The first kappa shape index (κ1) is 17.0. The van der Waals surface area contributed by atoms with Crippen LogP contribution in [0.1, 0.15) is 16.7 Å². The van der Waals surface area contributed by atoms with Gasteiger partial charge in [-0.2, -0.15) is 13.2 Å². The maximum atomic E-state index is 12.5. The number of amides is 1. The van der Waals surface area contributed by atoms with Gasteiger partial charge in [0.15, 0.2) is 0 Å². The average molecular weight is 343 g/mol. The number of carbonyl (C=O) groups excluding carboxylic acids is 1. The predicted molar refractivity (Wildman–Crippen MR) is 90.9 cm³/mol. The lowest BCUT2D eigenvalue weighted by atomic mass is 10.0. The fraction of sp³-hybridized carbons (Fsp3) is 0.150. The summed E-state index contributed by atoms with van der Waals surface area (Å²) >= 11 is 0. The molecular weight excluding hydrogens is 327 g/mol. The molecule has 0 saturated heterocycles. The van der Waals surface area contributed by atoms with E-state index in [1.54, 1.807) is 0 Å². The van der Waals surface area contributed by atoms with Crippen LogP contribution in [0.15, 0.2) is 66.7 Å². The van der Waals surface area contributed by atoms with E-state index >= 15 is 0 Å². The summed E-state index contributed by atoms with van der Waals surface area (Å²) in [6.45, 7) is 0.199. The van der Waals surface area contributed by atoms with Crippen molar-refractivity contribution in [2.75, 3.05) is 0 Å². The topological polar surface area (TPSA) is 29.1 Å². The van der Waals surface area contributed by atoms with Gasteiger partial charge in [-0.1, -0.05) is 54.6 Å². The lowest BCUT2D eigenvalue weighted by Gasteiger charge is -2.09. The molecule has 0 saturated carbocycles. The summed E-state index contributed by atoms with van der Waals surface area (Å²) < 4.78 is 37.6. The largest absolute Gasteiger partial charge is 0.416 e. The van der Waals surface area contributed by atoms with Crippen LogP contribution < -0.4 is 5.32 Å². The standard InChI is InChI=1S/C20H16F3NO/c21-20(22,23)18-9-6-14(7-10-18)13-24-19(25)12-15-5-8-16-3-1-2-4-17(16)11-15/h1-11H,12-13H2,(H,24,25). The first-order chi connectivity index (χ1) is 11.9. The summed E-state index contributed by atoms with van der Waals surface area (Å²) in [5.41, 5.74) is 0.822. The second kappa shape index (κ2) is 6.97. The highest BCUT2D eigenvalue weighted by Crippen LogP contribution is 2.29. The third-order valence-electron chi connectivity index (χ3n) is 3.95. The number of rotatable bonds is 4. The van der Waals surface area contributed by atoms with E-state index in [1.165, 1.54) is 12.1 Å². The number of carbonyl (C=O) groups is 1.